The lowest BCUT2D eigenvalue weighted by Gasteiger charge is -2.34. The third-order valence-corrected chi connectivity index (χ3v) is 12.9. The number of unbranched alkanes of at least 4 members (excludes halogenated alkanes) is 20. The largest absolute Gasteiger partial charge is 0.395 e. The van der Waals surface area contributed by atoms with Crippen LogP contribution in [-0.2, 0) is 13.6 Å². The Labute approximate surface area is 350 Å². The minimum absolute atomic E-state index is 0.142. The molecule has 1 saturated heterocycles. The molecule has 1 aliphatic rings. The number of aliphatic hydroxyl groups is 1. The number of hydrogen-bond donors (Lipinski definition) is 1. The highest BCUT2D eigenvalue weighted by Gasteiger charge is 2.29. The summed E-state index contributed by atoms with van der Waals surface area (Å²) in [5, 5.41) is 9.70. The maximum Gasteiger partial charge on any atom is 0.333 e. The highest BCUT2D eigenvalue weighted by molar-refractivity contribution is 6.64. The van der Waals surface area contributed by atoms with Crippen molar-refractivity contribution in [3.63, 3.8) is 0 Å². The first-order chi connectivity index (χ1) is 27.5. The van der Waals surface area contributed by atoms with E-state index in [2.05, 4.69) is 80.4 Å². The quantitative estimate of drug-likeness (QED) is 0.0289. The zero-order chi connectivity index (χ0) is 40.5. The van der Waals surface area contributed by atoms with E-state index >= 15 is 0 Å². The number of likely N-dealkylation sites (tertiary alicyclic amines) is 1. The Bertz CT molecular complexity index is 934. The van der Waals surface area contributed by atoms with Crippen LogP contribution in [0.25, 0.3) is 0 Å². The van der Waals surface area contributed by atoms with E-state index in [1.807, 2.05) is 0 Å². The molecule has 1 rings (SSSR count). The van der Waals surface area contributed by atoms with E-state index in [0.29, 0.717) is 12.6 Å². The molecule has 2 atom stereocenters. The molecular formula is C50H95NO4Si. The molecule has 5 nitrogen and oxygen atoms in total. The van der Waals surface area contributed by atoms with E-state index in [0.717, 1.165) is 71.2 Å². The molecule has 0 radical (unpaired) electrons. The van der Waals surface area contributed by atoms with Crippen LogP contribution in [0.4, 0.5) is 0 Å². The van der Waals surface area contributed by atoms with Gasteiger partial charge in [0.25, 0.3) is 0 Å². The van der Waals surface area contributed by atoms with Crippen molar-refractivity contribution in [1.82, 2.24) is 4.90 Å². The molecule has 0 aliphatic carbocycles. The molecule has 0 spiro atoms. The second-order valence-corrected chi connectivity index (χ2v) is 20.4. The molecule has 0 amide bonds. The van der Waals surface area contributed by atoms with Crippen LogP contribution in [0.3, 0.4) is 0 Å². The summed E-state index contributed by atoms with van der Waals surface area (Å²) in [4.78, 5) is 2.51. The summed E-state index contributed by atoms with van der Waals surface area (Å²) in [5.41, 5.74) is 0. The molecule has 0 bridgehead atoms. The van der Waals surface area contributed by atoms with E-state index in [4.69, 9.17) is 13.6 Å². The number of allylic oxidation sites excluding steroid dienone is 8. The van der Waals surface area contributed by atoms with Gasteiger partial charge in [-0.05, 0) is 135 Å². The van der Waals surface area contributed by atoms with Gasteiger partial charge in [-0.1, -0.05) is 152 Å². The summed E-state index contributed by atoms with van der Waals surface area (Å²) in [6, 6.07) is 0.385. The Morgan fingerprint density at radius 2 is 1.05 bits per heavy atom. The number of hydrogen-bond acceptors (Lipinski definition) is 5. The molecule has 328 valence electrons. The summed E-state index contributed by atoms with van der Waals surface area (Å²) >= 11 is 0. The molecule has 0 aromatic rings. The topological polar surface area (TPSA) is 51.2 Å². The molecule has 2 unspecified atom stereocenters. The standard InChI is InChI=1S/C50H95NO4Si/c1-5-7-9-11-13-15-17-19-21-23-25-27-29-31-34-40-46-53-50(43-36-32-30-28-26-24-22-20-18-16-14-12-10-8-6-2)55-56(3,4)54-47-41-35-33-38-44-51-45-39-37-42-49(51)48-52/h13-16,19-22,49-50,52H,5-12,17-18,23-48H2,1-4H3/b15-13-,16-14-,21-19-,22-20-. The highest BCUT2D eigenvalue weighted by atomic mass is 28.4. The van der Waals surface area contributed by atoms with Crippen molar-refractivity contribution in [2.24, 2.45) is 0 Å². The second-order valence-electron chi connectivity index (χ2n) is 17.1. The van der Waals surface area contributed by atoms with Crippen molar-refractivity contribution in [1.29, 1.82) is 0 Å². The van der Waals surface area contributed by atoms with Gasteiger partial charge in [0.2, 0.25) is 0 Å². The van der Waals surface area contributed by atoms with Crippen molar-refractivity contribution < 1.29 is 18.7 Å². The van der Waals surface area contributed by atoms with Crippen molar-refractivity contribution >= 4 is 8.56 Å². The Morgan fingerprint density at radius 1 is 0.571 bits per heavy atom. The Hall–Kier alpha value is -1.02. The predicted octanol–water partition coefficient (Wildman–Crippen LogP) is 15.1. The Kier molecular flexibility index (Phi) is 38.6. The molecule has 0 saturated carbocycles. The minimum Gasteiger partial charge on any atom is -0.395 e. The molecule has 1 N–H and O–H groups in total. The zero-order valence-corrected chi connectivity index (χ0v) is 38.8. The third-order valence-electron chi connectivity index (χ3n) is 11.2. The van der Waals surface area contributed by atoms with Crippen molar-refractivity contribution in [2.45, 2.75) is 238 Å². The smallest absolute Gasteiger partial charge is 0.333 e. The SMILES string of the molecule is CCCCC/C=C\C/C=C\CCCCCCCCOC(CCCCCCC/C=C\C/C=C\CCCCC)O[Si](C)(C)OCCCCCCN1CCCCC1CO. The van der Waals surface area contributed by atoms with Crippen LogP contribution in [0.5, 0.6) is 0 Å². The summed E-state index contributed by atoms with van der Waals surface area (Å²) < 4.78 is 19.5. The fourth-order valence-corrected chi connectivity index (χ4v) is 9.13. The van der Waals surface area contributed by atoms with Gasteiger partial charge in [0.05, 0.1) is 6.61 Å². The predicted molar refractivity (Wildman–Crippen MR) is 248 cm³/mol. The molecule has 0 aromatic carbocycles. The Balaban J connectivity index is 2.29. The van der Waals surface area contributed by atoms with Gasteiger partial charge in [-0.3, -0.25) is 4.90 Å². The number of aliphatic hydroxyl groups excluding tert-OH is 1. The number of ether oxygens (including phenoxy) is 1. The fourth-order valence-electron chi connectivity index (χ4n) is 7.60. The number of rotatable bonds is 41. The van der Waals surface area contributed by atoms with Crippen molar-refractivity contribution in [2.75, 3.05) is 32.9 Å². The average molecular weight is 802 g/mol. The normalized spacial score (nSPS) is 16.5. The van der Waals surface area contributed by atoms with Gasteiger partial charge in [0, 0.05) is 19.3 Å². The van der Waals surface area contributed by atoms with Gasteiger partial charge in [-0.2, -0.15) is 0 Å². The van der Waals surface area contributed by atoms with Crippen LogP contribution in [0.2, 0.25) is 13.1 Å². The van der Waals surface area contributed by atoms with E-state index < -0.39 is 8.56 Å². The van der Waals surface area contributed by atoms with Gasteiger partial charge in [0.15, 0.2) is 0 Å². The van der Waals surface area contributed by atoms with E-state index in [9.17, 15) is 5.11 Å². The van der Waals surface area contributed by atoms with E-state index in [1.165, 1.54) is 154 Å². The Morgan fingerprint density at radius 3 is 1.61 bits per heavy atom. The molecular weight excluding hydrogens is 707 g/mol. The lowest BCUT2D eigenvalue weighted by Crippen LogP contribution is -2.42. The second kappa shape index (κ2) is 40.7. The summed E-state index contributed by atoms with van der Waals surface area (Å²) in [5.74, 6) is 0. The first kappa shape index (κ1) is 53.0. The molecule has 1 heterocycles. The number of nitrogens with zero attached hydrogens (tertiary/aromatic N) is 1. The van der Waals surface area contributed by atoms with Gasteiger partial charge in [-0.25, -0.2) is 0 Å². The summed E-state index contributed by atoms with van der Waals surface area (Å²) in [6.45, 7) is 13.1. The van der Waals surface area contributed by atoms with Crippen LogP contribution in [0.15, 0.2) is 48.6 Å². The van der Waals surface area contributed by atoms with E-state index in [-0.39, 0.29) is 6.29 Å². The maximum absolute atomic E-state index is 9.70. The van der Waals surface area contributed by atoms with Gasteiger partial charge < -0.3 is 18.7 Å². The summed E-state index contributed by atoms with van der Waals surface area (Å²) in [6.07, 6.45) is 56.9. The zero-order valence-electron chi connectivity index (χ0n) is 37.8. The number of piperidine rings is 1. The lowest BCUT2D eigenvalue weighted by atomic mass is 10.0. The van der Waals surface area contributed by atoms with Crippen molar-refractivity contribution in [3.8, 4) is 0 Å². The lowest BCUT2D eigenvalue weighted by molar-refractivity contribution is -0.104. The average Bonchev–Trinajstić information content (AvgIpc) is 3.20. The van der Waals surface area contributed by atoms with Gasteiger partial charge in [-0.15, -0.1) is 0 Å². The minimum atomic E-state index is -2.28. The first-order valence-electron chi connectivity index (χ1n) is 24.4. The maximum atomic E-state index is 9.70. The summed E-state index contributed by atoms with van der Waals surface area (Å²) in [7, 11) is -2.28. The van der Waals surface area contributed by atoms with E-state index in [1.54, 1.807) is 0 Å². The molecule has 1 fully saturated rings. The van der Waals surface area contributed by atoms with Crippen LogP contribution in [-0.4, -0.2) is 63.8 Å². The molecule has 1 aliphatic heterocycles. The fraction of sp³-hybridized carbons (Fsp3) is 0.840. The van der Waals surface area contributed by atoms with Gasteiger partial charge in [0.1, 0.15) is 6.29 Å². The molecule has 0 aromatic heterocycles. The van der Waals surface area contributed by atoms with Crippen molar-refractivity contribution in [3.05, 3.63) is 48.6 Å². The van der Waals surface area contributed by atoms with Crippen LogP contribution < -0.4 is 0 Å². The highest BCUT2D eigenvalue weighted by Crippen LogP contribution is 2.20. The van der Waals surface area contributed by atoms with Crippen LogP contribution >= 0.6 is 0 Å². The monoisotopic (exact) mass is 802 g/mol. The van der Waals surface area contributed by atoms with Gasteiger partial charge >= 0.3 is 8.56 Å². The molecule has 56 heavy (non-hydrogen) atoms. The first-order valence-corrected chi connectivity index (χ1v) is 27.2. The molecule has 6 heteroatoms. The third kappa shape index (κ3) is 35.0. The van der Waals surface area contributed by atoms with Crippen LogP contribution in [0, 0.1) is 0 Å². The van der Waals surface area contributed by atoms with Crippen LogP contribution in [0.1, 0.15) is 213 Å².